The lowest BCUT2D eigenvalue weighted by atomic mass is 10.1. The van der Waals surface area contributed by atoms with Crippen molar-refractivity contribution < 1.29 is 9.21 Å². The molecule has 4 aromatic rings. The van der Waals surface area contributed by atoms with Crippen molar-refractivity contribution in [1.29, 1.82) is 0 Å². The highest BCUT2D eigenvalue weighted by molar-refractivity contribution is 5.93. The first-order chi connectivity index (χ1) is 15.4. The van der Waals surface area contributed by atoms with Crippen LogP contribution in [0.1, 0.15) is 51.3 Å². The van der Waals surface area contributed by atoms with Gasteiger partial charge in [-0.3, -0.25) is 4.79 Å². The molecule has 32 heavy (non-hydrogen) atoms. The summed E-state index contributed by atoms with van der Waals surface area (Å²) < 4.78 is 7.55. The molecule has 0 bridgehead atoms. The van der Waals surface area contributed by atoms with Crippen molar-refractivity contribution in [2.45, 2.75) is 47.2 Å². The lowest BCUT2D eigenvalue weighted by Crippen LogP contribution is -2.24. The Morgan fingerprint density at radius 1 is 1.06 bits per heavy atom. The number of hydrogen-bond acceptors (Lipinski definition) is 5. The predicted octanol–water partition coefficient (Wildman–Crippen LogP) is 4.40. The minimum atomic E-state index is -0.245. The van der Waals surface area contributed by atoms with Gasteiger partial charge in [-0.1, -0.05) is 54.1 Å². The van der Waals surface area contributed by atoms with Crippen molar-refractivity contribution in [3.05, 3.63) is 88.1 Å². The molecular formula is C25H27N5O2. The Morgan fingerprint density at radius 2 is 1.81 bits per heavy atom. The molecule has 0 spiro atoms. The van der Waals surface area contributed by atoms with Crippen LogP contribution >= 0.6 is 0 Å². The van der Waals surface area contributed by atoms with E-state index in [4.69, 9.17) is 4.42 Å². The standard InChI is InChI=1S/C25H27N5O2/c1-5-19-9-11-20(12-10-19)14-26-24(31)23-17(3)30(29-28-23)15-22-18(4)32-25(27-22)21-8-6-7-16(2)13-21/h6-13H,5,14-15H2,1-4H3,(H,26,31). The number of benzene rings is 2. The fourth-order valence-corrected chi connectivity index (χ4v) is 3.50. The summed E-state index contributed by atoms with van der Waals surface area (Å²) in [7, 11) is 0. The van der Waals surface area contributed by atoms with Crippen LogP contribution in [0.15, 0.2) is 52.9 Å². The third kappa shape index (κ3) is 4.61. The second-order valence-corrected chi connectivity index (χ2v) is 7.93. The summed E-state index contributed by atoms with van der Waals surface area (Å²) in [4.78, 5) is 17.3. The summed E-state index contributed by atoms with van der Waals surface area (Å²) in [5.74, 6) is 1.05. The number of carbonyl (C=O) groups excluding carboxylic acids is 1. The average molecular weight is 430 g/mol. The van der Waals surface area contributed by atoms with Crippen molar-refractivity contribution >= 4 is 5.91 Å². The quantitative estimate of drug-likeness (QED) is 0.471. The van der Waals surface area contributed by atoms with Crippen molar-refractivity contribution in [2.75, 3.05) is 0 Å². The maximum absolute atomic E-state index is 12.7. The highest BCUT2D eigenvalue weighted by Gasteiger charge is 2.19. The lowest BCUT2D eigenvalue weighted by molar-refractivity contribution is 0.0945. The maximum Gasteiger partial charge on any atom is 0.274 e. The number of aryl methyl sites for hydroxylation is 3. The minimum Gasteiger partial charge on any atom is -0.441 e. The number of oxazole rings is 1. The molecule has 0 aliphatic heterocycles. The highest BCUT2D eigenvalue weighted by Crippen LogP contribution is 2.23. The van der Waals surface area contributed by atoms with Gasteiger partial charge in [-0.2, -0.15) is 0 Å². The molecule has 0 saturated carbocycles. The predicted molar refractivity (Wildman–Crippen MR) is 122 cm³/mol. The zero-order chi connectivity index (χ0) is 22.7. The number of nitrogens with zero attached hydrogens (tertiary/aromatic N) is 4. The SMILES string of the molecule is CCc1ccc(CNC(=O)c2nnn(Cc3nc(-c4cccc(C)c4)oc3C)c2C)cc1. The Labute approximate surface area is 187 Å². The number of aromatic nitrogens is 4. The third-order valence-corrected chi connectivity index (χ3v) is 5.54. The van der Waals surface area contributed by atoms with E-state index in [1.807, 2.05) is 57.2 Å². The molecule has 1 amide bonds. The monoisotopic (exact) mass is 429 g/mol. The van der Waals surface area contributed by atoms with Crippen LogP contribution in [0, 0.1) is 20.8 Å². The molecule has 7 heteroatoms. The van der Waals surface area contributed by atoms with E-state index < -0.39 is 0 Å². The van der Waals surface area contributed by atoms with E-state index in [9.17, 15) is 4.79 Å². The van der Waals surface area contributed by atoms with Crippen molar-refractivity contribution in [2.24, 2.45) is 0 Å². The van der Waals surface area contributed by atoms with Gasteiger partial charge in [-0.25, -0.2) is 9.67 Å². The van der Waals surface area contributed by atoms with Gasteiger partial charge in [0, 0.05) is 12.1 Å². The molecule has 0 unspecified atom stereocenters. The van der Waals surface area contributed by atoms with Gasteiger partial charge in [0.05, 0.1) is 12.2 Å². The van der Waals surface area contributed by atoms with Crippen LogP contribution in [-0.2, 0) is 19.5 Å². The smallest absolute Gasteiger partial charge is 0.274 e. The molecule has 2 heterocycles. The molecule has 0 aliphatic carbocycles. The number of hydrogen-bond donors (Lipinski definition) is 1. The molecule has 2 aromatic carbocycles. The van der Waals surface area contributed by atoms with Gasteiger partial charge in [0.15, 0.2) is 5.69 Å². The normalized spacial score (nSPS) is 11.0. The highest BCUT2D eigenvalue weighted by atomic mass is 16.4. The maximum atomic E-state index is 12.7. The second-order valence-electron chi connectivity index (χ2n) is 7.93. The molecule has 0 aliphatic rings. The van der Waals surface area contributed by atoms with Crippen LogP contribution in [0.2, 0.25) is 0 Å². The number of amides is 1. The second kappa shape index (κ2) is 9.18. The topological polar surface area (TPSA) is 85.8 Å². The molecule has 0 atom stereocenters. The van der Waals surface area contributed by atoms with E-state index >= 15 is 0 Å². The van der Waals surface area contributed by atoms with Crippen LogP contribution in [0.4, 0.5) is 0 Å². The molecular weight excluding hydrogens is 402 g/mol. The summed E-state index contributed by atoms with van der Waals surface area (Å²) in [5.41, 5.74) is 6.15. The minimum absolute atomic E-state index is 0.245. The Bertz CT molecular complexity index is 1240. The van der Waals surface area contributed by atoms with Crippen molar-refractivity contribution in [3.63, 3.8) is 0 Å². The van der Waals surface area contributed by atoms with Crippen LogP contribution in [0.3, 0.4) is 0 Å². The Balaban J connectivity index is 1.45. The number of nitrogens with one attached hydrogen (secondary N) is 1. The zero-order valence-electron chi connectivity index (χ0n) is 18.8. The fraction of sp³-hybridized carbons (Fsp3) is 0.280. The van der Waals surface area contributed by atoms with Crippen LogP contribution < -0.4 is 5.32 Å². The Kier molecular flexibility index (Phi) is 6.16. The molecule has 4 rings (SSSR count). The largest absolute Gasteiger partial charge is 0.441 e. The Morgan fingerprint density at radius 3 is 2.53 bits per heavy atom. The Hall–Kier alpha value is -3.74. The summed E-state index contributed by atoms with van der Waals surface area (Å²) >= 11 is 0. The van der Waals surface area contributed by atoms with Gasteiger partial charge in [-0.05, 0) is 50.5 Å². The molecule has 0 radical (unpaired) electrons. The third-order valence-electron chi connectivity index (χ3n) is 5.54. The van der Waals surface area contributed by atoms with E-state index in [-0.39, 0.29) is 5.91 Å². The molecule has 1 N–H and O–H groups in total. The summed E-state index contributed by atoms with van der Waals surface area (Å²) in [5, 5.41) is 11.2. The number of rotatable bonds is 7. The van der Waals surface area contributed by atoms with Crippen molar-refractivity contribution in [1.82, 2.24) is 25.3 Å². The van der Waals surface area contributed by atoms with Gasteiger partial charge >= 0.3 is 0 Å². The van der Waals surface area contributed by atoms with E-state index in [1.54, 1.807) is 4.68 Å². The molecule has 2 aromatic heterocycles. The lowest BCUT2D eigenvalue weighted by Gasteiger charge is -2.06. The van der Waals surface area contributed by atoms with Gasteiger partial charge in [-0.15, -0.1) is 5.10 Å². The van der Waals surface area contributed by atoms with E-state index in [1.165, 1.54) is 5.56 Å². The van der Waals surface area contributed by atoms with E-state index in [0.717, 1.165) is 34.6 Å². The van der Waals surface area contributed by atoms with Gasteiger partial charge in [0.25, 0.3) is 5.91 Å². The van der Waals surface area contributed by atoms with Crippen LogP contribution in [0.25, 0.3) is 11.5 Å². The number of carbonyl (C=O) groups is 1. The van der Waals surface area contributed by atoms with Crippen LogP contribution in [-0.4, -0.2) is 25.9 Å². The van der Waals surface area contributed by atoms with Gasteiger partial charge in [0.1, 0.15) is 11.5 Å². The zero-order valence-corrected chi connectivity index (χ0v) is 18.8. The van der Waals surface area contributed by atoms with Gasteiger partial charge in [0.2, 0.25) is 5.89 Å². The summed E-state index contributed by atoms with van der Waals surface area (Å²) in [6.45, 7) is 8.69. The average Bonchev–Trinajstić information content (AvgIpc) is 3.35. The first kappa shape index (κ1) is 21.5. The van der Waals surface area contributed by atoms with E-state index in [0.29, 0.717) is 30.4 Å². The molecule has 0 saturated heterocycles. The first-order valence-corrected chi connectivity index (χ1v) is 10.7. The molecule has 0 fully saturated rings. The summed E-state index contributed by atoms with van der Waals surface area (Å²) in [6.07, 6.45) is 0.992. The first-order valence-electron chi connectivity index (χ1n) is 10.7. The van der Waals surface area contributed by atoms with Crippen molar-refractivity contribution in [3.8, 4) is 11.5 Å². The fourth-order valence-electron chi connectivity index (χ4n) is 3.50. The van der Waals surface area contributed by atoms with E-state index in [2.05, 4.69) is 39.7 Å². The molecule has 7 nitrogen and oxygen atoms in total. The summed E-state index contributed by atoms with van der Waals surface area (Å²) in [6, 6.07) is 16.2. The van der Waals surface area contributed by atoms with Gasteiger partial charge < -0.3 is 9.73 Å². The van der Waals surface area contributed by atoms with Crippen LogP contribution in [0.5, 0.6) is 0 Å². The molecule has 164 valence electrons.